The van der Waals surface area contributed by atoms with Crippen LogP contribution in [0, 0.1) is 16.0 Å². The zero-order chi connectivity index (χ0) is 16.0. The SMILES string of the molecule is COc1ccc(N(CCC(=O)O)CC(C)C)cc1[N+](=O)[O-]. The Morgan fingerprint density at radius 1 is 1.48 bits per heavy atom. The lowest BCUT2D eigenvalue weighted by atomic mass is 10.1. The minimum atomic E-state index is -0.897. The summed E-state index contributed by atoms with van der Waals surface area (Å²) < 4.78 is 4.97. The molecule has 21 heavy (non-hydrogen) atoms. The number of rotatable bonds is 8. The standard InChI is InChI=1S/C14H20N2O5/c1-10(2)9-15(7-6-14(17)18)11-4-5-13(21-3)12(8-11)16(19)20/h4-5,8,10H,6-7,9H2,1-3H3,(H,17,18). The van der Waals surface area contributed by atoms with Crippen LogP contribution in [0.4, 0.5) is 11.4 Å². The van der Waals surface area contributed by atoms with Gasteiger partial charge in [-0.1, -0.05) is 13.8 Å². The quantitative estimate of drug-likeness (QED) is 0.585. The molecule has 0 amide bonds. The first-order chi connectivity index (χ1) is 9.85. The molecule has 0 spiro atoms. The van der Waals surface area contributed by atoms with Gasteiger partial charge in [0, 0.05) is 24.8 Å². The van der Waals surface area contributed by atoms with Gasteiger partial charge in [0.25, 0.3) is 0 Å². The Bertz CT molecular complexity index is 516. The molecular weight excluding hydrogens is 276 g/mol. The van der Waals surface area contributed by atoms with Gasteiger partial charge >= 0.3 is 11.7 Å². The Labute approximate surface area is 123 Å². The summed E-state index contributed by atoms with van der Waals surface area (Å²) in [5.74, 6) is -0.404. The Morgan fingerprint density at radius 2 is 2.14 bits per heavy atom. The van der Waals surface area contributed by atoms with Gasteiger partial charge < -0.3 is 14.7 Å². The molecule has 1 aromatic rings. The predicted molar refractivity (Wildman–Crippen MR) is 79.0 cm³/mol. The average molecular weight is 296 g/mol. The van der Waals surface area contributed by atoms with Gasteiger partial charge in [-0.3, -0.25) is 14.9 Å². The van der Waals surface area contributed by atoms with Gasteiger partial charge in [-0.05, 0) is 18.1 Å². The summed E-state index contributed by atoms with van der Waals surface area (Å²) in [7, 11) is 1.37. The number of nitrogens with zero attached hydrogens (tertiary/aromatic N) is 2. The highest BCUT2D eigenvalue weighted by molar-refractivity contribution is 5.68. The lowest BCUT2D eigenvalue weighted by Gasteiger charge is -2.26. The number of carbonyl (C=O) groups is 1. The number of ether oxygens (including phenoxy) is 1. The summed E-state index contributed by atoms with van der Waals surface area (Å²) in [6.07, 6.45) is -0.0213. The van der Waals surface area contributed by atoms with Crippen LogP contribution in [0.1, 0.15) is 20.3 Å². The lowest BCUT2D eigenvalue weighted by Crippen LogP contribution is -2.30. The molecule has 0 heterocycles. The predicted octanol–water partition coefficient (Wildman–Crippen LogP) is 2.54. The summed E-state index contributed by atoms with van der Waals surface area (Å²) in [5, 5.41) is 19.9. The number of aliphatic carboxylic acids is 1. The molecular formula is C14H20N2O5. The van der Waals surface area contributed by atoms with Crippen molar-refractivity contribution in [1.29, 1.82) is 0 Å². The second-order valence-electron chi connectivity index (χ2n) is 5.10. The van der Waals surface area contributed by atoms with Gasteiger partial charge in [0.2, 0.25) is 0 Å². The molecule has 1 aromatic carbocycles. The van der Waals surface area contributed by atoms with Crippen LogP contribution in [-0.2, 0) is 4.79 Å². The molecule has 0 bridgehead atoms. The highest BCUT2D eigenvalue weighted by Gasteiger charge is 2.18. The highest BCUT2D eigenvalue weighted by atomic mass is 16.6. The minimum absolute atomic E-state index is 0.0213. The molecule has 1 rings (SSSR count). The zero-order valence-electron chi connectivity index (χ0n) is 12.4. The van der Waals surface area contributed by atoms with Crippen molar-refractivity contribution in [3.63, 3.8) is 0 Å². The van der Waals surface area contributed by atoms with E-state index < -0.39 is 10.9 Å². The topological polar surface area (TPSA) is 92.9 Å². The van der Waals surface area contributed by atoms with Gasteiger partial charge in [0.15, 0.2) is 5.75 Å². The van der Waals surface area contributed by atoms with Crippen LogP contribution in [0.3, 0.4) is 0 Å². The summed E-state index contributed by atoms with van der Waals surface area (Å²) in [6, 6.07) is 4.65. The molecule has 0 saturated heterocycles. The number of carboxylic acid groups (broad SMARTS) is 1. The molecule has 1 N–H and O–H groups in total. The number of hydrogen-bond acceptors (Lipinski definition) is 5. The van der Waals surface area contributed by atoms with Crippen LogP contribution in [0.15, 0.2) is 18.2 Å². The van der Waals surface area contributed by atoms with Crippen molar-refractivity contribution in [3.8, 4) is 5.75 Å². The lowest BCUT2D eigenvalue weighted by molar-refractivity contribution is -0.385. The molecule has 7 heteroatoms. The first kappa shape index (κ1) is 16.7. The average Bonchev–Trinajstić information content (AvgIpc) is 2.42. The van der Waals surface area contributed by atoms with Gasteiger partial charge in [-0.25, -0.2) is 0 Å². The largest absolute Gasteiger partial charge is 0.490 e. The summed E-state index contributed by atoms with van der Waals surface area (Å²) in [6.45, 7) is 4.94. The first-order valence-corrected chi connectivity index (χ1v) is 6.64. The molecule has 0 radical (unpaired) electrons. The molecule has 0 aliphatic carbocycles. The number of carboxylic acids is 1. The Morgan fingerprint density at radius 3 is 2.62 bits per heavy atom. The third kappa shape index (κ3) is 4.94. The highest BCUT2D eigenvalue weighted by Crippen LogP contribution is 2.31. The van der Waals surface area contributed by atoms with Crippen LogP contribution < -0.4 is 9.64 Å². The van der Waals surface area contributed by atoms with E-state index in [2.05, 4.69) is 0 Å². The van der Waals surface area contributed by atoms with Gasteiger partial charge in [-0.15, -0.1) is 0 Å². The number of nitro groups is 1. The second-order valence-corrected chi connectivity index (χ2v) is 5.10. The Balaban J connectivity index is 3.08. The molecule has 0 aromatic heterocycles. The molecule has 0 aliphatic rings. The van der Waals surface area contributed by atoms with E-state index in [1.807, 2.05) is 18.7 Å². The maximum atomic E-state index is 11.1. The third-order valence-electron chi connectivity index (χ3n) is 2.91. The third-order valence-corrected chi connectivity index (χ3v) is 2.91. The molecule has 116 valence electrons. The van der Waals surface area contributed by atoms with Gasteiger partial charge in [0.05, 0.1) is 18.5 Å². The normalized spacial score (nSPS) is 10.5. The van der Waals surface area contributed by atoms with E-state index >= 15 is 0 Å². The van der Waals surface area contributed by atoms with E-state index in [0.29, 0.717) is 24.7 Å². The van der Waals surface area contributed by atoms with Crippen molar-refractivity contribution in [2.24, 2.45) is 5.92 Å². The van der Waals surface area contributed by atoms with Crippen LogP contribution in [0.2, 0.25) is 0 Å². The van der Waals surface area contributed by atoms with Crippen LogP contribution in [-0.4, -0.2) is 36.2 Å². The fourth-order valence-electron chi connectivity index (χ4n) is 2.01. The Kier molecular flexibility index (Phi) is 5.95. The van der Waals surface area contributed by atoms with Crippen molar-refractivity contribution in [1.82, 2.24) is 0 Å². The van der Waals surface area contributed by atoms with Crippen LogP contribution in [0.25, 0.3) is 0 Å². The summed E-state index contributed by atoms with van der Waals surface area (Å²) >= 11 is 0. The van der Waals surface area contributed by atoms with Crippen molar-refractivity contribution in [2.75, 3.05) is 25.1 Å². The maximum Gasteiger partial charge on any atom is 0.312 e. The van der Waals surface area contributed by atoms with Gasteiger partial charge in [0.1, 0.15) is 0 Å². The van der Waals surface area contributed by atoms with Crippen molar-refractivity contribution < 1.29 is 19.6 Å². The van der Waals surface area contributed by atoms with E-state index in [1.54, 1.807) is 6.07 Å². The van der Waals surface area contributed by atoms with Crippen LogP contribution in [0.5, 0.6) is 5.75 Å². The molecule has 0 unspecified atom stereocenters. The van der Waals surface area contributed by atoms with E-state index in [1.165, 1.54) is 19.2 Å². The van der Waals surface area contributed by atoms with E-state index in [9.17, 15) is 14.9 Å². The number of anilines is 1. The van der Waals surface area contributed by atoms with E-state index in [0.717, 1.165) is 0 Å². The molecule has 0 fully saturated rings. The molecule has 0 aliphatic heterocycles. The minimum Gasteiger partial charge on any atom is -0.490 e. The maximum absolute atomic E-state index is 11.1. The van der Waals surface area contributed by atoms with Crippen molar-refractivity contribution >= 4 is 17.3 Å². The monoisotopic (exact) mass is 296 g/mol. The Hall–Kier alpha value is -2.31. The fourth-order valence-corrected chi connectivity index (χ4v) is 2.01. The van der Waals surface area contributed by atoms with Crippen molar-refractivity contribution in [2.45, 2.75) is 20.3 Å². The smallest absolute Gasteiger partial charge is 0.312 e. The first-order valence-electron chi connectivity index (χ1n) is 6.64. The van der Waals surface area contributed by atoms with E-state index in [-0.39, 0.29) is 17.9 Å². The number of nitro benzene ring substituents is 1. The molecule has 7 nitrogen and oxygen atoms in total. The number of hydrogen-bond donors (Lipinski definition) is 1. The van der Waals surface area contributed by atoms with E-state index in [4.69, 9.17) is 9.84 Å². The molecule has 0 saturated carbocycles. The number of methoxy groups -OCH3 is 1. The summed E-state index contributed by atoms with van der Waals surface area (Å²) in [5.41, 5.74) is 0.497. The van der Waals surface area contributed by atoms with Gasteiger partial charge in [-0.2, -0.15) is 0 Å². The zero-order valence-corrected chi connectivity index (χ0v) is 12.4. The second kappa shape index (κ2) is 7.47. The number of benzene rings is 1. The van der Waals surface area contributed by atoms with Crippen molar-refractivity contribution in [3.05, 3.63) is 28.3 Å². The molecule has 0 atom stereocenters. The summed E-state index contributed by atoms with van der Waals surface area (Å²) in [4.78, 5) is 23.1. The fraction of sp³-hybridized carbons (Fsp3) is 0.500. The van der Waals surface area contributed by atoms with Crippen LogP contribution >= 0.6 is 0 Å².